The van der Waals surface area contributed by atoms with Gasteiger partial charge in [0.2, 0.25) is 5.91 Å². The number of nitrogens with one attached hydrogen (secondary N) is 1. The molecule has 110 valence electrons. The average Bonchev–Trinajstić information content (AvgIpc) is 2.41. The summed E-state index contributed by atoms with van der Waals surface area (Å²) < 4.78 is 26.2. The lowest BCUT2D eigenvalue weighted by molar-refractivity contribution is -0.113. The van der Waals surface area contributed by atoms with Gasteiger partial charge in [-0.3, -0.25) is 4.79 Å². The van der Waals surface area contributed by atoms with Crippen LogP contribution in [0.4, 0.5) is 20.2 Å². The highest BCUT2D eigenvalue weighted by molar-refractivity contribution is 8.00. The fourth-order valence-corrected chi connectivity index (χ4v) is 2.56. The number of aryl methyl sites for hydroxylation is 1. The molecular formula is C15H14F2N2OS. The number of thioether (sulfide) groups is 1. The largest absolute Gasteiger partial charge is 0.399 e. The van der Waals surface area contributed by atoms with Crippen molar-refractivity contribution in [1.29, 1.82) is 0 Å². The summed E-state index contributed by atoms with van der Waals surface area (Å²) in [7, 11) is 0. The van der Waals surface area contributed by atoms with Gasteiger partial charge in [0.05, 0.1) is 11.4 Å². The van der Waals surface area contributed by atoms with E-state index in [1.54, 1.807) is 6.07 Å². The first kappa shape index (κ1) is 15.3. The highest BCUT2D eigenvalue weighted by atomic mass is 32.2. The molecule has 21 heavy (non-hydrogen) atoms. The Labute approximate surface area is 125 Å². The van der Waals surface area contributed by atoms with Crippen LogP contribution >= 0.6 is 11.8 Å². The molecule has 2 aromatic rings. The first-order valence-corrected chi connectivity index (χ1v) is 7.18. The molecule has 0 unspecified atom stereocenters. The Kier molecular flexibility index (Phi) is 4.80. The molecule has 2 rings (SSSR count). The molecule has 0 radical (unpaired) electrons. The molecule has 0 bridgehead atoms. The zero-order valence-electron chi connectivity index (χ0n) is 11.3. The second-order valence-electron chi connectivity index (χ2n) is 4.49. The third-order valence-corrected chi connectivity index (χ3v) is 3.94. The highest BCUT2D eigenvalue weighted by Gasteiger charge is 2.09. The number of nitrogens with two attached hydrogens (primary N) is 1. The molecule has 0 saturated heterocycles. The van der Waals surface area contributed by atoms with Crippen molar-refractivity contribution in [2.75, 3.05) is 16.8 Å². The van der Waals surface area contributed by atoms with Crippen molar-refractivity contribution < 1.29 is 13.6 Å². The zero-order valence-corrected chi connectivity index (χ0v) is 12.1. The fraction of sp³-hybridized carbons (Fsp3) is 0.133. The maximum atomic E-state index is 13.4. The van der Waals surface area contributed by atoms with Crippen molar-refractivity contribution in [3.05, 3.63) is 53.6 Å². The van der Waals surface area contributed by atoms with E-state index in [-0.39, 0.29) is 17.3 Å². The maximum absolute atomic E-state index is 13.4. The Balaban J connectivity index is 1.96. The Morgan fingerprint density at radius 1 is 1.24 bits per heavy atom. The number of benzene rings is 2. The third kappa shape index (κ3) is 4.19. The van der Waals surface area contributed by atoms with E-state index in [4.69, 9.17) is 5.73 Å². The molecule has 3 N–H and O–H groups in total. The normalized spacial score (nSPS) is 10.4. The van der Waals surface area contributed by atoms with E-state index in [2.05, 4.69) is 5.32 Å². The number of anilines is 2. The number of hydrogen-bond acceptors (Lipinski definition) is 3. The highest BCUT2D eigenvalue weighted by Crippen LogP contribution is 2.24. The van der Waals surface area contributed by atoms with Crippen LogP contribution in [0.2, 0.25) is 0 Å². The number of amides is 1. The molecule has 0 aliphatic rings. The fourth-order valence-electron chi connectivity index (χ4n) is 1.75. The number of carbonyl (C=O) groups is 1. The lowest BCUT2D eigenvalue weighted by atomic mass is 10.2. The summed E-state index contributed by atoms with van der Waals surface area (Å²) >= 11 is 1.33. The first-order valence-electron chi connectivity index (χ1n) is 6.19. The van der Waals surface area contributed by atoms with Crippen molar-refractivity contribution in [2.24, 2.45) is 0 Å². The Hall–Kier alpha value is -2.08. The van der Waals surface area contributed by atoms with Crippen molar-refractivity contribution in [1.82, 2.24) is 0 Å². The number of hydrogen-bond donors (Lipinski definition) is 2. The molecule has 3 nitrogen and oxygen atoms in total. The van der Waals surface area contributed by atoms with Gasteiger partial charge in [-0.25, -0.2) is 8.78 Å². The SMILES string of the molecule is Cc1cc(N)ccc1SCC(=O)Nc1ccc(F)cc1F. The van der Waals surface area contributed by atoms with E-state index in [1.165, 1.54) is 17.8 Å². The lowest BCUT2D eigenvalue weighted by Gasteiger charge is -2.08. The van der Waals surface area contributed by atoms with Crippen LogP contribution in [0.25, 0.3) is 0 Å². The smallest absolute Gasteiger partial charge is 0.234 e. The van der Waals surface area contributed by atoms with Crippen LogP contribution in [0.5, 0.6) is 0 Å². The Bertz CT molecular complexity index is 677. The first-order chi connectivity index (χ1) is 9.95. The molecule has 0 aliphatic heterocycles. The van der Waals surface area contributed by atoms with Crippen molar-refractivity contribution >= 4 is 29.0 Å². The Morgan fingerprint density at radius 2 is 2.00 bits per heavy atom. The minimum Gasteiger partial charge on any atom is -0.399 e. The third-order valence-electron chi connectivity index (χ3n) is 2.76. The summed E-state index contributed by atoms with van der Waals surface area (Å²) in [5.41, 5.74) is 7.26. The lowest BCUT2D eigenvalue weighted by Crippen LogP contribution is -2.15. The van der Waals surface area contributed by atoms with Crippen LogP contribution < -0.4 is 11.1 Å². The topological polar surface area (TPSA) is 55.1 Å². The molecule has 6 heteroatoms. The van der Waals surface area contributed by atoms with Gasteiger partial charge in [0.1, 0.15) is 11.6 Å². The van der Waals surface area contributed by atoms with E-state index in [0.29, 0.717) is 5.69 Å². The van der Waals surface area contributed by atoms with Crippen molar-refractivity contribution in [2.45, 2.75) is 11.8 Å². The van der Waals surface area contributed by atoms with Gasteiger partial charge in [-0.2, -0.15) is 0 Å². The molecular weight excluding hydrogens is 294 g/mol. The van der Waals surface area contributed by atoms with Gasteiger partial charge in [0.15, 0.2) is 0 Å². The molecule has 0 spiro atoms. The second-order valence-corrected chi connectivity index (χ2v) is 5.50. The predicted molar refractivity (Wildman–Crippen MR) is 81.3 cm³/mol. The summed E-state index contributed by atoms with van der Waals surface area (Å²) in [6.45, 7) is 1.90. The minimum absolute atomic E-state index is 0.0315. The van der Waals surface area contributed by atoms with Gasteiger partial charge in [0.25, 0.3) is 0 Å². The van der Waals surface area contributed by atoms with E-state index >= 15 is 0 Å². The van der Waals surface area contributed by atoms with Gasteiger partial charge >= 0.3 is 0 Å². The van der Waals surface area contributed by atoms with Gasteiger partial charge in [-0.15, -0.1) is 11.8 Å². The summed E-state index contributed by atoms with van der Waals surface area (Å²) in [5, 5.41) is 2.41. The predicted octanol–water partition coefficient (Wildman–Crippen LogP) is 3.59. The average molecular weight is 308 g/mol. The quantitative estimate of drug-likeness (QED) is 0.670. The molecule has 0 aliphatic carbocycles. The molecule has 0 atom stereocenters. The summed E-state index contributed by atoms with van der Waals surface area (Å²) in [6.07, 6.45) is 0. The van der Waals surface area contributed by atoms with Crippen LogP contribution in [0.3, 0.4) is 0 Å². The van der Waals surface area contributed by atoms with Crippen LogP contribution in [0.15, 0.2) is 41.3 Å². The second kappa shape index (κ2) is 6.58. The van der Waals surface area contributed by atoms with E-state index < -0.39 is 11.6 Å². The number of rotatable bonds is 4. The van der Waals surface area contributed by atoms with Crippen LogP contribution in [0, 0.1) is 18.6 Å². The van der Waals surface area contributed by atoms with Crippen LogP contribution in [0.1, 0.15) is 5.56 Å². The molecule has 0 saturated carbocycles. The Morgan fingerprint density at radius 3 is 2.67 bits per heavy atom. The molecule has 0 aromatic heterocycles. The molecule has 2 aromatic carbocycles. The molecule has 0 heterocycles. The standard InChI is InChI=1S/C15H14F2N2OS/c1-9-6-11(18)3-5-14(9)21-8-15(20)19-13-4-2-10(16)7-12(13)17/h2-7H,8,18H2,1H3,(H,19,20). The van der Waals surface area contributed by atoms with Crippen molar-refractivity contribution in [3.8, 4) is 0 Å². The van der Waals surface area contributed by atoms with Gasteiger partial charge in [-0.05, 0) is 42.8 Å². The summed E-state index contributed by atoms with van der Waals surface area (Å²) in [5.74, 6) is -1.71. The molecule has 0 fully saturated rings. The minimum atomic E-state index is -0.794. The summed E-state index contributed by atoms with van der Waals surface area (Å²) in [6, 6.07) is 8.43. The zero-order chi connectivity index (χ0) is 15.4. The van der Waals surface area contributed by atoms with Gasteiger partial charge < -0.3 is 11.1 Å². The van der Waals surface area contributed by atoms with Crippen LogP contribution in [-0.4, -0.2) is 11.7 Å². The van der Waals surface area contributed by atoms with Crippen LogP contribution in [-0.2, 0) is 4.79 Å². The number of halogens is 2. The number of carbonyl (C=O) groups excluding carboxylic acids is 1. The van der Waals surface area contributed by atoms with E-state index in [1.807, 2.05) is 19.1 Å². The van der Waals surface area contributed by atoms with Gasteiger partial charge in [0, 0.05) is 16.6 Å². The van der Waals surface area contributed by atoms with E-state index in [9.17, 15) is 13.6 Å². The van der Waals surface area contributed by atoms with Gasteiger partial charge in [-0.1, -0.05) is 0 Å². The monoisotopic (exact) mass is 308 g/mol. The summed E-state index contributed by atoms with van der Waals surface area (Å²) in [4.78, 5) is 12.7. The molecule has 1 amide bonds. The van der Waals surface area contributed by atoms with Crippen molar-refractivity contribution in [3.63, 3.8) is 0 Å². The van der Waals surface area contributed by atoms with E-state index in [0.717, 1.165) is 22.6 Å². The number of nitrogen functional groups attached to an aromatic ring is 1. The maximum Gasteiger partial charge on any atom is 0.234 e.